The summed E-state index contributed by atoms with van der Waals surface area (Å²) in [6.07, 6.45) is 5.84. The lowest BCUT2D eigenvalue weighted by Crippen LogP contribution is -2.52. The number of halogens is 4. The topological polar surface area (TPSA) is 93.7 Å². The van der Waals surface area contributed by atoms with Gasteiger partial charge < -0.3 is 20.1 Å². The number of amides is 2. The lowest BCUT2D eigenvalue weighted by atomic mass is 9.87. The molecular formula is C27H38F4N2O5. The fourth-order valence-electron chi connectivity index (χ4n) is 4.18. The molecule has 11 heteroatoms. The van der Waals surface area contributed by atoms with E-state index in [0.29, 0.717) is 0 Å². The maximum Gasteiger partial charge on any atom is 0.408 e. The van der Waals surface area contributed by atoms with Gasteiger partial charge in [0, 0.05) is 6.54 Å². The van der Waals surface area contributed by atoms with Crippen molar-refractivity contribution in [1.29, 1.82) is 0 Å². The molecule has 0 aliphatic heterocycles. The molecule has 2 rings (SSSR count). The van der Waals surface area contributed by atoms with Crippen molar-refractivity contribution in [2.75, 3.05) is 6.54 Å². The Morgan fingerprint density at radius 2 is 1.34 bits per heavy atom. The Kier molecular flexibility index (Phi) is 10.6. The van der Waals surface area contributed by atoms with Gasteiger partial charge in [0.05, 0.1) is 0 Å². The molecule has 0 bridgehead atoms. The minimum Gasteiger partial charge on any atom is -0.444 e. The zero-order valence-corrected chi connectivity index (χ0v) is 22.9. The van der Waals surface area contributed by atoms with Crippen molar-refractivity contribution in [2.45, 2.75) is 98.1 Å². The van der Waals surface area contributed by atoms with Crippen molar-refractivity contribution in [3.8, 4) is 5.75 Å². The average molecular weight is 547 g/mol. The third-order valence-electron chi connectivity index (χ3n) is 6.19. The molecule has 1 unspecified atom stereocenters. The maximum absolute atomic E-state index is 14.8. The highest BCUT2D eigenvalue weighted by molar-refractivity contribution is 5.95. The van der Waals surface area contributed by atoms with Crippen LogP contribution < -0.4 is 15.4 Å². The molecule has 0 radical (unpaired) electrons. The van der Waals surface area contributed by atoms with Gasteiger partial charge in [-0.2, -0.15) is 8.78 Å². The normalized spacial score (nSPS) is 16.2. The number of rotatable bonds is 6. The van der Waals surface area contributed by atoms with E-state index in [1.807, 2.05) is 0 Å². The summed E-state index contributed by atoms with van der Waals surface area (Å²) in [5.74, 6) is -12.3. The van der Waals surface area contributed by atoms with Crippen molar-refractivity contribution in [2.24, 2.45) is 11.3 Å². The molecule has 1 aromatic carbocycles. The zero-order chi connectivity index (χ0) is 28.8. The summed E-state index contributed by atoms with van der Waals surface area (Å²) in [4.78, 5) is 37.5. The second kappa shape index (κ2) is 12.8. The van der Waals surface area contributed by atoms with Crippen LogP contribution in [0.5, 0.6) is 5.75 Å². The van der Waals surface area contributed by atoms with Crippen molar-refractivity contribution >= 4 is 18.0 Å². The summed E-state index contributed by atoms with van der Waals surface area (Å²) in [6, 6.07) is -1.51. The van der Waals surface area contributed by atoms with Gasteiger partial charge in [0.15, 0.2) is 11.6 Å². The first-order valence-electron chi connectivity index (χ1n) is 12.9. The Hall–Kier alpha value is -2.85. The SMILES string of the molecule is CC(C)(C)OC(=O)NC(C(=O)Oc1c(F)c(F)c(C(=O)NCC2CCCCCCC2)c(F)c1F)C(C)(C)C. The monoisotopic (exact) mass is 546 g/mol. The number of carbonyl (C=O) groups is 3. The number of hydrogen-bond acceptors (Lipinski definition) is 5. The molecule has 7 nitrogen and oxygen atoms in total. The van der Waals surface area contributed by atoms with Crippen LogP contribution in [0.4, 0.5) is 22.4 Å². The highest BCUT2D eigenvalue weighted by atomic mass is 19.2. The average Bonchev–Trinajstić information content (AvgIpc) is 2.76. The molecule has 214 valence electrons. The number of esters is 1. The molecule has 1 saturated carbocycles. The van der Waals surface area contributed by atoms with Crippen molar-refractivity contribution in [3.05, 3.63) is 28.8 Å². The molecule has 1 fully saturated rings. The summed E-state index contributed by atoms with van der Waals surface area (Å²) in [6.45, 7) is 9.44. The molecular weight excluding hydrogens is 508 g/mol. The van der Waals surface area contributed by atoms with E-state index < -0.39 is 69.6 Å². The van der Waals surface area contributed by atoms with Crippen LogP contribution in [-0.4, -0.2) is 36.2 Å². The van der Waals surface area contributed by atoms with E-state index in [1.54, 1.807) is 20.8 Å². The van der Waals surface area contributed by atoms with Crippen molar-refractivity contribution in [1.82, 2.24) is 10.6 Å². The van der Waals surface area contributed by atoms with Gasteiger partial charge in [-0.25, -0.2) is 18.4 Å². The van der Waals surface area contributed by atoms with Gasteiger partial charge in [0.2, 0.25) is 17.4 Å². The number of hydrogen-bond donors (Lipinski definition) is 2. The molecule has 1 aromatic rings. The predicted octanol–water partition coefficient (Wildman–Crippen LogP) is 6.18. The van der Waals surface area contributed by atoms with Gasteiger partial charge >= 0.3 is 12.1 Å². The van der Waals surface area contributed by atoms with Crippen LogP contribution in [0, 0.1) is 34.6 Å². The Morgan fingerprint density at radius 3 is 1.82 bits per heavy atom. The Labute approximate surface area is 221 Å². The first kappa shape index (κ1) is 31.4. The maximum atomic E-state index is 14.8. The van der Waals surface area contributed by atoms with E-state index in [1.165, 1.54) is 20.8 Å². The van der Waals surface area contributed by atoms with Gasteiger partial charge in [-0.15, -0.1) is 0 Å². The highest BCUT2D eigenvalue weighted by Gasteiger charge is 2.38. The van der Waals surface area contributed by atoms with Crippen LogP contribution >= 0.6 is 0 Å². The highest BCUT2D eigenvalue weighted by Crippen LogP contribution is 2.32. The summed E-state index contributed by atoms with van der Waals surface area (Å²) in [7, 11) is 0. The summed E-state index contributed by atoms with van der Waals surface area (Å²) in [5, 5.41) is 4.63. The first-order chi connectivity index (χ1) is 17.5. The molecule has 0 heterocycles. The van der Waals surface area contributed by atoms with Crippen LogP contribution in [0.25, 0.3) is 0 Å². The zero-order valence-electron chi connectivity index (χ0n) is 22.9. The van der Waals surface area contributed by atoms with Gasteiger partial charge in [0.1, 0.15) is 17.2 Å². The van der Waals surface area contributed by atoms with Crippen LogP contribution in [0.3, 0.4) is 0 Å². The van der Waals surface area contributed by atoms with Crippen molar-refractivity contribution in [3.63, 3.8) is 0 Å². The van der Waals surface area contributed by atoms with E-state index in [9.17, 15) is 31.9 Å². The Balaban J connectivity index is 2.24. The van der Waals surface area contributed by atoms with E-state index in [0.717, 1.165) is 44.9 Å². The summed E-state index contributed by atoms with van der Waals surface area (Å²) < 4.78 is 69.0. The number of carbonyl (C=O) groups excluding carboxylic acids is 3. The van der Waals surface area contributed by atoms with E-state index in [-0.39, 0.29) is 12.5 Å². The largest absolute Gasteiger partial charge is 0.444 e. The molecule has 0 saturated heterocycles. The van der Waals surface area contributed by atoms with E-state index in [4.69, 9.17) is 9.47 Å². The molecule has 2 N–H and O–H groups in total. The smallest absolute Gasteiger partial charge is 0.408 e. The van der Waals surface area contributed by atoms with Gasteiger partial charge in [-0.05, 0) is 44.9 Å². The molecule has 1 atom stereocenters. The third kappa shape index (κ3) is 8.59. The number of nitrogens with one attached hydrogen (secondary N) is 2. The van der Waals surface area contributed by atoms with Crippen LogP contribution in [0.1, 0.15) is 96.8 Å². The standard InChI is InChI=1S/C27H38F4N2O5/c1-26(2,3)22(33-25(36)38-27(4,5)6)24(35)37-21-19(30)17(28)16(18(29)20(21)31)23(34)32-14-15-12-10-8-7-9-11-13-15/h15,22H,7-14H2,1-6H3,(H,32,34)(H,33,36). The number of benzene rings is 1. The molecule has 1 aliphatic rings. The van der Waals surface area contributed by atoms with Crippen molar-refractivity contribution < 1.29 is 41.4 Å². The minimum absolute atomic E-state index is 0.0899. The summed E-state index contributed by atoms with van der Waals surface area (Å²) in [5.41, 5.74) is -3.40. The fraction of sp³-hybridized carbons (Fsp3) is 0.667. The van der Waals surface area contributed by atoms with E-state index >= 15 is 0 Å². The van der Waals surface area contributed by atoms with E-state index in [2.05, 4.69) is 10.6 Å². The first-order valence-corrected chi connectivity index (χ1v) is 12.9. The van der Waals surface area contributed by atoms with Crippen LogP contribution in [-0.2, 0) is 9.53 Å². The predicted molar refractivity (Wildman–Crippen MR) is 133 cm³/mol. The quantitative estimate of drug-likeness (QED) is 0.192. The molecule has 38 heavy (non-hydrogen) atoms. The van der Waals surface area contributed by atoms with Crippen LogP contribution in [0.2, 0.25) is 0 Å². The van der Waals surface area contributed by atoms with Gasteiger partial charge in [0.25, 0.3) is 5.91 Å². The second-order valence-corrected chi connectivity index (χ2v) is 11.7. The second-order valence-electron chi connectivity index (χ2n) is 11.7. The van der Waals surface area contributed by atoms with Gasteiger partial charge in [-0.3, -0.25) is 4.79 Å². The molecule has 0 spiro atoms. The van der Waals surface area contributed by atoms with Gasteiger partial charge in [-0.1, -0.05) is 52.9 Å². The lowest BCUT2D eigenvalue weighted by Gasteiger charge is -2.30. The van der Waals surface area contributed by atoms with Crippen LogP contribution in [0.15, 0.2) is 0 Å². The number of alkyl carbamates (subject to hydrolysis) is 1. The Morgan fingerprint density at radius 1 is 0.842 bits per heavy atom. The fourth-order valence-corrected chi connectivity index (χ4v) is 4.18. The molecule has 0 aromatic heterocycles. The minimum atomic E-state index is -2.04. The summed E-state index contributed by atoms with van der Waals surface area (Å²) >= 11 is 0. The molecule has 2 amide bonds. The third-order valence-corrected chi connectivity index (χ3v) is 6.19. The lowest BCUT2D eigenvalue weighted by molar-refractivity contribution is -0.140. The molecule has 1 aliphatic carbocycles. The number of ether oxygens (including phenoxy) is 2. The Bertz CT molecular complexity index is 997.